The number of ether oxygens (including phenoxy) is 1. The standard InChI is InChI=1S/C20H16ClN3O2/c21-18-5-2-1-4-15(18)16-12-17(16)19(25)24-13-6-8-14(9-7-13)26-20-22-10-3-11-23-20/h1-11,16-17H,12H2,(H,24,25)/t16-,17+/m1/s1. The molecular weight excluding hydrogens is 350 g/mol. The fourth-order valence-electron chi connectivity index (χ4n) is 2.89. The van der Waals surface area contributed by atoms with E-state index in [0.29, 0.717) is 5.75 Å². The van der Waals surface area contributed by atoms with E-state index in [4.69, 9.17) is 16.3 Å². The molecule has 4 rings (SSSR count). The van der Waals surface area contributed by atoms with Gasteiger partial charge < -0.3 is 10.1 Å². The van der Waals surface area contributed by atoms with Crippen molar-refractivity contribution in [2.45, 2.75) is 12.3 Å². The topological polar surface area (TPSA) is 64.1 Å². The normalized spacial score (nSPS) is 18.2. The molecule has 1 aromatic heterocycles. The SMILES string of the molecule is O=C(Nc1ccc(Oc2ncccn2)cc1)[C@H]1C[C@@H]1c1ccccc1Cl. The van der Waals surface area contributed by atoms with E-state index in [-0.39, 0.29) is 23.8 Å². The maximum atomic E-state index is 12.4. The van der Waals surface area contributed by atoms with E-state index in [9.17, 15) is 4.79 Å². The summed E-state index contributed by atoms with van der Waals surface area (Å²) < 4.78 is 5.54. The molecule has 0 radical (unpaired) electrons. The van der Waals surface area contributed by atoms with Crippen molar-refractivity contribution in [2.75, 3.05) is 5.32 Å². The van der Waals surface area contributed by atoms with Crippen molar-refractivity contribution in [1.29, 1.82) is 0 Å². The number of nitrogens with one attached hydrogen (secondary N) is 1. The van der Waals surface area contributed by atoms with Crippen LogP contribution in [0.15, 0.2) is 67.0 Å². The van der Waals surface area contributed by atoms with Gasteiger partial charge in [0.25, 0.3) is 0 Å². The van der Waals surface area contributed by atoms with Gasteiger partial charge in [-0.3, -0.25) is 4.79 Å². The third-order valence-electron chi connectivity index (χ3n) is 4.30. The van der Waals surface area contributed by atoms with Crippen molar-refractivity contribution in [3.63, 3.8) is 0 Å². The minimum atomic E-state index is -0.0384. The van der Waals surface area contributed by atoms with Crippen molar-refractivity contribution < 1.29 is 9.53 Å². The van der Waals surface area contributed by atoms with Gasteiger partial charge in [0.05, 0.1) is 0 Å². The molecule has 130 valence electrons. The van der Waals surface area contributed by atoms with Gasteiger partial charge in [-0.05, 0) is 54.3 Å². The van der Waals surface area contributed by atoms with E-state index >= 15 is 0 Å². The number of rotatable bonds is 5. The summed E-state index contributed by atoms with van der Waals surface area (Å²) in [7, 11) is 0. The monoisotopic (exact) mass is 365 g/mol. The van der Waals surface area contributed by atoms with E-state index in [0.717, 1.165) is 22.7 Å². The number of anilines is 1. The Morgan fingerprint density at radius 2 is 1.77 bits per heavy atom. The first kappa shape index (κ1) is 16.5. The molecule has 0 spiro atoms. The number of carbonyl (C=O) groups excluding carboxylic acids is 1. The fourth-order valence-corrected chi connectivity index (χ4v) is 3.16. The quantitative estimate of drug-likeness (QED) is 0.714. The van der Waals surface area contributed by atoms with Crippen LogP contribution in [0.5, 0.6) is 11.8 Å². The van der Waals surface area contributed by atoms with Gasteiger partial charge in [0.2, 0.25) is 5.91 Å². The fraction of sp³-hybridized carbons (Fsp3) is 0.150. The molecule has 1 N–H and O–H groups in total. The van der Waals surface area contributed by atoms with E-state index in [1.807, 2.05) is 24.3 Å². The smallest absolute Gasteiger partial charge is 0.321 e. The second-order valence-corrected chi connectivity index (χ2v) is 6.52. The van der Waals surface area contributed by atoms with Gasteiger partial charge in [-0.25, -0.2) is 9.97 Å². The van der Waals surface area contributed by atoms with Gasteiger partial charge in [0, 0.05) is 29.0 Å². The van der Waals surface area contributed by atoms with Gasteiger partial charge in [0.15, 0.2) is 0 Å². The van der Waals surface area contributed by atoms with Crippen LogP contribution in [0.3, 0.4) is 0 Å². The second-order valence-electron chi connectivity index (χ2n) is 6.12. The Morgan fingerprint density at radius 3 is 2.50 bits per heavy atom. The summed E-state index contributed by atoms with van der Waals surface area (Å²) in [5.74, 6) is 0.773. The summed E-state index contributed by atoms with van der Waals surface area (Å²) in [6.07, 6.45) is 4.05. The zero-order valence-corrected chi connectivity index (χ0v) is 14.6. The van der Waals surface area contributed by atoms with Crippen LogP contribution in [0, 0.1) is 5.92 Å². The molecule has 0 saturated heterocycles. The van der Waals surface area contributed by atoms with Crippen molar-refractivity contribution in [2.24, 2.45) is 5.92 Å². The van der Waals surface area contributed by atoms with Gasteiger partial charge in [0.1, 0.15) is 5.75 Å². The molecule has 6 heteroatoms. The highest BCUT2D eigenvalue weighted by atomic mass is 35.5. The lowest BCUT2D eigenvalue weighted by atomic mass is 10.1. The van der Waals surface area contributed by atoms with E-state index in [1.165, 1.54) is 0 Å². The zero-order chi connectivity index (χ0) is 17.9. The van der Waals surface area contributed by atoms with Crippen molar-refractivity contribution in [1.82, 2.24) is 9.97 Å². The highest BCUT2D eigenvalue weighted by Crippen LogP contribution is 2.50. The van der Waals surface area contributed by atoms with Gasteiger partial charge >= 0.3 is 6.01 Å². The lowest BCUT2D eigenvalue weighted by Gasteiger charge is -2.07. The molecule has 1 fully saturated rings. The highest BCUT2D eigenvalue weighted by Gasteiger charge is 2.44. The summed E-state index contributed by atoms with van der Waals surface area (Å²) in [6.45, 7) is 0. The molecule has 1 aliphatic rings. The first-order valence-corrected chi connectivity index (χ1v) is 8.69. The molecule has 3 aromatic rings. The Morgan fingerprint density at radius 1 is 1.04 bits per heavy atom. The third kappa shape index (κ3) is 3.68. The summed E-state index contributed by atoms with van der Waals surface area (Å²) in [5.41, 5.74) is 1.77. The van der Waals surface area contributed by atoms with Crippen LogP contribution in [0.1, 0.15) is 17.9 Å². The Balaban J connectivity index is 1.36. The van der Waals surface area contributed by atoms with Crippen LogP contribution < -0.4 is 10.1 Å². The molecule has 1 saturated carbocycles. The summed E-state index contributed by atoms with van der Waals surface area (Å²) in [5, 5.41) is 3.67. The molecule has 1 amide bonds. The molecule has 2 atom stereocenters. The average Bonchev–Trinajstić information content (AvgIpc) is 3.45. The molecule has 0 unspecified atom stereocenters. The highest BCUT2D eigenvalue weighted by molar-refractivity contribution is 6.31. The van der Waals surface area contributed by atoms with Crippen LogP contribution in [-0.4, -0.2) is 15.9 Å². The summed E-state index contributed by atoms with van der Waals surface area (Å²) in [4.78, 5) is 20.5. The Labute approximate surface area is 156 Å². The average molecular weight is 366 g/mol. The number of benzene rings is 2. The van der Waals surface area contributed by atoms with Crippen LogP contribution in [0.4, 0.5) is 5.69 Å². The van der Waals surface area contributed by atoms with Crippen LogP contribution in [0.25, 0.3) is 0 Å². The Bertz CT molecular complexity index is 916. The minimum Gasteiger partial charge on any atom is -0.424 e. The molecule has 5 nitrogen and oxygen atoms in total. The second kappa shape index (κ2) is 7.14. The van der Waals surface area contributed by atoms with Crippen molar-refractivity contribution in [3.8, 4) is 11.8 Å². The van der Waals surface area contributed by atoms with Gasteiger partial charge in [-0.2, -0.15) is 0 Å². The predicted molar refractivity (Wildman–Crippen MR) is 99.5 cm³/mol. The van der Waals surface area contributed by atoms with Crippen molar-refractivity contribution >= 4 is 23.2 Å². The maximum absolute atomic E-state index is 12.4. The number of hydrogen-bond donors (Lipinski definition) is 1. The number of halogens is 1. The molecule has 1 heterocycles. The van der Waals surface area contributed by atoms with E-state index in [1.54, 1.807) is 42.7 Å². The summed E-state index contributed by atoms with van der Waals surface area (Å²) in [6, 6.07) is 16.8. The number of hydrogen-bond acceptors (Lipinski definition) is 4. The van der Waals surface area contributed by atoms with Crippen LogP contribution in [-0.2, 0) is 4.79 Å². The largest absolute Gasteiger partial charge is 0.424 e. The Hall–Kier alpha value is -2.92. The Kier molecular flexibility index (Phi) is 4.54. The number of carbonyl (C=O) groups is 1. The van der Waals surface area contributed by atoms with Crippen molar-refractivity contribution in [3.05, 3.63) is 77.6 Å². The van der Waals surface area contributed by atoms with Crippen LogP contribution >= 0.6 is 11.6 Å². The molecule has 26 heavy (non-hydrogen) atoms. The number of aromatic nitrogens is 2. The molecule has 0 aliphatic heterocycles. The molecule has 2 aromatic carbocycles. The van der Waals surface area contributed by atoms with Crippen LogP contribution in [0.2, 0.25) is 5.02 Å². The first-order chi connectivity index (χ1) is 12.7. The summed E-state index contributed by atoms with van der Waals surface area (Å²) >= 11 is 6.22. The lowest BCUT2D eigenvalue weighted by Crippen LogP contribution is -2.14. The van der Waals surface area contributed by atoms with Gasteiger partial charge in [-0.1, -0.05) is 29.8 Å². The first-order valence-electron chi connectivity index (χ1n) is 8.31. The van der Waals surface area contributed by atoms with E-state index in [2.05, 4.69) is 15.3 Å². The number of amides is 1. The minimum absolute atomic E-state index is 0.00924. The molecular formula is C20H16ClN3O2. The zero-order valence-electron chi connectivity index (χ0n) is 13.8. The molecule has 1 aliphatic carbocycles. The van der Waals surface area contributed by atoms with Gasteiger partial charge in [-0.15, -0.1) is 0 Å². The third-order valence-corrected chi connectivity index (χ3v) is 4.65. The lowest BCUT2D eigenvalue weighted by molar-refractivity contribution is -0.117. The van der Waals surface area contributed by atoms with E-state index < -0.39 is 0 Å². The molecule has 0 bridgehead atoms. The number of nitrogens with zero attached hydrogens (tertiary/aromatic N) is 2. The maximum Gasteiger partial charge on any atom is 0.321 e. The predicted octanol–water partition coefficient (Wildman–Crippen LogP) is 4.66.